The summed E-state index contributed by atoms with van der Waals surface area (Å²) in [5.74, 6) is -1.67. The average molecular weight is 399 g/mol. The Morgan fingerprint density at radius 2 is 1.62 bits per heavy atom. The fourth-order valence-electron chi connectivity index (χ4n) is 3.27. The van der Waals surface area contributed by atoms with E-state index in [1.54, 1.807) is 12.1 Å². The molecule has 0 spiro atoms. The Balaban J connectivity index is 1.57. The molecule has 1 fully saturated rings. The first-order valence-corrected chi connectivity index (χ1v) is 9.72. The number of hydrogen-bond donors (Lipinski definition) is 2. The lowest BCUT2D eigenvalue weighted by molar-refractivity contribution is -0.139. The van der Waals surface area contributed by atoms with E-state index in [0.29, 0.717) is 26.3 Å². The zero-order valence-corrected chi connectivity index (χ0v) is 16.5. The summed E-state index contributed by atoms with van der Waals surface area (Å²) >= 11 is 0. The van der Waals surface area contributed by atoms with Crippen LogP contribution < -0.4 is 10.6 Å². The molecule has 6 nitrogen and oxygen atoms in total. The lowest BCUT2D eigenvalue weighted by atomic mass is 10.0. The summed E-state index contributed by atoms with van der Waals surface area (Å²) in [4.78, 5) is 26.6. The SMILES string of the molecule is Cc1ccc(CNC(=O)C(=O)NCC(c2ccc(F)cc2)N2CCOCC2)cc1. The van der Waals surface area contributed by atoms with Crippen molar-refractivity contribution in [2.24, 2.45) is 0 Å². The van der Waals surface area contributed by atoms with E-state index in [2.05, 4.69) is 15.5 Å². The molecule has 1 unspecified atom stereocenters. The van der Waals surface area contributed by atoms with E-state index in [0.717, 1.165) is 16.7 Å². The lowest BCUT2D eigenvalue weighted by Gasteiger charge is -2.34. The van der Waals surface area contributed by atoms with Gasteiger partial charge in [0.05, 0.1) is 19.3 Å². The third kappa shape index (κ3) is 6.10. The normalized spacial score (nSPS) is 15.5. The molecule has 2 amide bonds. The van der Waals surface area contributed by atoms with Gasteiger partial charge < -0.3 is 15.4 Å². The van der Waals surface area contributed by atoms with E-state index in [4.69, 9.17) is 4.74 Å². The molecule has 2 aromatic carbocycles. The van der Waals surface area contributed by atoms with Gasteiger partial charge in [-0.25, -0.2) is 4.39 Å². The molecule has 0 bridgehead atoms. The fourth-order valence-corrected chi connectivity index (χ4v) is 3.27. The first kappa shape index (κ1) is 21.0. The van der Waals surface area contributed by atoms with E-state index in [9.17, 15) is 14.0 Å². The largest absolute Gasteiger partial charge is 0.379 e. The van der Waals surface area contributed by atoms with Gasteiger partial charge in [-0.3, -0.25) is 14.5 Å². The van der Waals surface area contributed by atoms with Crippen molar-refractivity contribution in [3.8, 4) is 0 Å². The Labute approximate surface area is 170 Å². The van der Waals surface area contributed by atoms with Crippen molar-refractivity contribution in [1.82, 2.24) is 15.5 Å². The van der Waals surface area contributed by atoms with Gasteiger partial charge >= 0.3 is 11.8 Å². The minimum atomic E-state index is -0.683. The standard InChI is InChI=1S/C22H26FN3O3/c1-16-2-4-17(5-3-16)14-24-21(27)22(28)25-15-20(26-10-12-29-13-11-26)18-6-8-19(23)9-7-18/h2-9,20H,10-15H2,1H3,(H,24,27)(H,25,28). The molecule has 1 heterocycles. The van der Waals surface area contributed by atoms with Crippen molar-refractivity contribution >= 4 is 11.8 Å². The van der Waals surface area contributed by atoms with Crippen LogP contribution in [0.1, 0.15) is 22.7 Å². The molecule has 3 rings (SSSR count). The number of ether oxygens (including phenoxy) is 1. The van der Waals surface area contributed by atoms with Crippen LogP contribution in [0.5, 0.6) is 0 Å². The predicted octanol–water partition coefficient (Wildman–Crippen LogP) is 1.94. The van der Waals surface area contributed by atoms with E-state index in [1.807, 2.05) is 31.2 Å². The molecule has 0 aliphatic carbocycles. The van der Waals surface area contributed by atoms with Crippen molar-refractivity contribution in [2.45, 2.75) is 19.5 Å². The molecule has 1 aliphatic rings. The van der Waals surface area contributed by atoms with Crippen molar-refractivity contribution in [2.75, 3.05) is 32.8 Å². The maximum absolute atomic E-state index is 13.3. The molecular weight excluding hydrogens is 373 g/mol. The number of nitrogens with zero attached hydrogens (tertiary/aromatic N) is 1. The summed E-state index contributed by atoms with van der Waals surface area (Å²) < 4.78 is 18.7. The zero-order chi connectivity index (χ0) is 20.6. The van der Waals surface area contributed by atoms with Crippen LogP contribution in [0.15, 0.2) is 48.5 Å². The smallest absolute Gasteiger partial charge is 0.309 e. The van der Waals surface area contributed by atoms with Crippen LogP contribution in [0.2, 0.25) is 0 Å². The summed E-state index contributed by atoms with van der Waals surface area (Å²) in [5, 5.41) is 5.35. The summed E-state index contributed by atoms with van der Waals surface area (Å²) in [5.41, 5.74) is 2.94. The molecule has 1 aliphatic heterocycles. The Morgan fingerprint density at radius 1 is 1.00 bits per heavy atom. The molecule has 154 valence electrons. The van der Waals surface area contributed by atoms with Gasteiger partial charge in [0.15, 0.2) is 0 Å². The highest BCUT2D eigenvalue weighted by Gasteiger charge is 2.24. The molecular formula is C22H26FN3O3. The third-order valence-electron chi connectivity index (χ3n) is 4.98. The van der Waals surface area contributed by atoms with Crippen LogP contribution >= 0.6 is 0 Å². The maximum atomic E-state index is 13.3. The second kappa shape index (κ2) is 10.1. The number of carbonyl (C=O) groups is 2. The number of hydrogen-bond acceptors (Lipinski definition) is 4. The summed E-state index contributed by atoms with van der Waals surface area (Å²) in [7, 11) is 0. The molecule has 1 saturated heterocycles. The lowest BCUT2D eigenvalue weighted by Crippen LogP contribution is -2.46. The second-order valence-electron chi connectivity index (χ2n) is 7.09. The quantitative estimate of drug-likeness (QED) is 0.729. The van der Waals surface area contributed by atoms with Gasteiger partial charge in [0.1, 0.15) is 5.82 Å². The van der Waals surface area contributed by atoms with Crippen LogP contribution in [0.3, 0.4) is 0 Å². The van der Waals surface area contributed by atoms with Gasteiger partial charge in [0, 0.05) is 26.2 Å². The van der Waals surface area contributed by atoms with Crippen LogP contribution in [0.25, 0.3) is 0 Å². The van der Waals surface area contributed by atoms with Crippen molar-refractivity contribution in [1.29, 1.82) is 0 Å². The van der Waals surface area contributed by atoms with Crippen LogP contribution in [0, 0.1) is 12.7 Å². The molecule has 0 saturated carbocycles. The minimum absolute atomic E-state index is 0.159. The maximum Gasteiger partial charge on any atom is 0.309 e. The summed E-state index contributed by atoms with van der Waals surface area (Å²) in [6, 6.07) is 13.8. The summed E-state index contributed by atoms with van der Waals surface area (Å²) in [6.45, 7) is 5.14. The van der Waals surface area contributed by atoms with Crippen molar-refractivity contribution in [3.63, 3.8) is 0 Å². The van der Waals surface area contributed by atoms with Gasteiger partial charge in [-0.2, -0.15) is 0 Å². The van der Waals surface area contributed by atoms with Gasteiger partial charge in [-0.05, 0) is 30.2 Å². The Kier molecular flexibility index (Phi) is 7.32. The number of morpholine rings is 1. The van der Waals surface area contributed by atoms with E-state index >= 15 is 0 Å². The molecule has 0 aromatic heterocycles. The number of nitrogens with one attached hydrogen (secondary N) is 2. The third-order valence-corrected chi connectivity index (χ3v) is 4.98. The van der Waals surface area contributed by atoms with Crippen molar-refractivity contribution in [3.05, 3.63) is 71.0 Å². The highest BCUT2D eigenvalue weighted by Crippen LogP contribution is 2.21. The fraction of sp³-hybridized carbons (Fsp3) is 0.364. The number of rotatable bonds is 6. The van der Waals surface area contributed by atoms with Crippen LogP contribution in [-0.4, -0.2) is 49.6 Å². The molecule has 1 atom stereocenters. The van der Waals surface area contributed by atoms with Gasteiger partial charge in [0.2, 0.25) is 0 Å². The predicted molar refractivity (Wildman–Crippen MR) is 108 cm³/mol. The van der Waals surface area contributed by atoms with Gasteiger partial charge in [0.25, 0.3) is 0 Å². The highest BCUT2D eigenvalue weighted by atomic mass is 19.1. The molecule has 2 aromatic rings. The first-order valence-electron chi connectivity index (χ1n) is 9.72. The van der Waals surface area contributed by atoms with Crippen LogP contribution in [0.4, 0.5) is 4.39 Å². The molecule has 7 heteroatoms. The number of aryl methyl sites for hydroxylation is 1. The average Bonchev–Trinajstić information content (AvgIpc) is 2.75. The topological polar surface area (TPSA) is 70.7 Å². The van der Waals surface area contributed by atoms with Gasteiger partial charge in [-0.15, -0.1) is 0 Å². The molecule has 29 heavy (non-hydrogen) atoms. The first-order chi connectivity index (χ1) is 14.0. The number of carbonyl (C=O) groups excluding carboxylic acids is 2. The Bertz CT molecular complexity index is 818. The number of benzene rings is 2. The second-order valence-corrected chi connectivity index (χ2v) is 7.09. The van der Waals surface area contributed by atoms with Crippen molar-refractivity contribution < 1.29 is 18.7 Å². The summed E-state index contributed by atoms with van der Waals surface area (Å²) in [6.07, 6.45) is 0. The van der Waals surface area contributed by atoms with E-state index in [-0.39, 0.29) is 24.9 Å². The number of amides is 2. The van der Waals surface area contributed by atoms with E-state index < -0.39 is 11.8 Å². The number of halogens is 1. The van der Waals surface area contributed by atoms with Gasteiger partial charge in [-0.1, -0.05) is 42.0 Å². The minimum Gasteiger partial charge on any atom is -0.379 e. The molecule has 2 N–H and O–H groups in total. The highest BCUT2D eigenvalue weighted by molar-refractivity contribution is 6.35. The Morgan fingerprint density at radius 3 is 2.28 bits per heavy atom. The monoisotopic (exact) mass is 399 g/mol. The zero-order valence-electron chi connectivity index (χ0n) is 16.5. The molecule has 0 radical (unpaired) electrons. The Hall–Kier alpha value is -2.77. The van der Waals surface area contributed by atoms with E-state index in [1.165, 1.54) is 12.1 Å². The van der Waals surface area contributed by atoms with Crippen LogP contribution in [-0.2, 0) is 20.9 Å².